The van der Waals surface area contributed by atoms with Crippen molar-refractivity contribution in [1.82, 2.24) is 0 Å². The molecule has 0 N–H and O–H groups in total. The Bertz CT molecular complexity index is 317. The highest BCUT2D eigenvalue weighted by Gasteiger charge is 2.13. The lowest BCUT2D eigenvalue weighted by Crippen LogP contribution is -2.24. The zero-order valence-corrected chi connectivity index (χ0v) is 18.7. The molecule has 0 bridgehead atoms. The van der Waals surface area contributed by atoms with Crippen molar-refractivity contribution in [3.05, 3.63) is 0 Å². The summed E-state index contributed by atoms with van der Waals surface area (Å²) in [4.78, 5) is 0. The Morgan fingerprint density at radius 1 is 0.586 bits per heavy atom. The molecule has 1 aliphatic rings. The van der Waals surface area contributed by atoms with E-state index in [1.807, 2.05) is 0 Å². The summed E-state index contributed by atoms with van der Waals surface area (Å²) in [6, 6.07) is 0. The van der Waals surface area contributed by atoms with Gasteiger partial charge in [-0.1, -0.05) is 12.8 Å². The fraction of sp³-hybridized carbons (Fsp3) is 1.00. The van der Waals surface area contributed by atoms with Gasteiger partial charge in [0, 0.05) is 19.1 Å². The predicted octanol–water partition coefficient (Wildman–Crippen LogP) is 3.41. The van der Waals surface area contributed by atoms with Gasteiger partial charge in [0.15, 0.2) is 6.29 Å². The summed E-state index contributed by atoms with van der Waals surface area (Å²) in [6.07, 6.45) is 7.80. The van der Waals surface area contributed by atoms with Gasteiger partial charge in [0.05, 0.1) is 66.1 Å². The SMILES string of the molecule is ClCCCCCCOCCOCCOCCOCCOCCOC1CCCCO1. The minimum Gasteiger partial charge on any atom is -0.379 e. The Kier molecular flexibility index (Phi) is 21.2. The molecule has 0 aliphatic carbocycles. The van der Waals surface area contributed by atoms with E-state index in [9.17, 15) is 0 Å². The molecule has 1 heterocycles. The Morgan fingerprint density at radius 3 is 1.62 bits per heavy atom. The number of rotatable bonds is 22. The Labute approximate surface area is 181 Å². The first-order valence-corrected chi connectivity index (χ1v) is 11.6. The minimum atomic E-state index is -0.0476. The third-order valence-corrected chi connectivity index (χ3v) is 4.60. The van der Waals surface area contributed by atoms with Gasteiger partial charge in [0.2, 0.25) is 0 Å². The molecule has 0 amide bonds. The Balaban J connectivity index is 1.63. The molecule has 8 heteroatoms. The van der Waals surface area contributed by atoms with Crippen molar-refractivity contribution in [3.8, 4) is 0 Å². The maximum absolute atomic E-state index is 5.63. The third-order valence-electron chi connectivity index (χ3n) is 4.33. The zero-order chi connectivity index (χ0) is 20.7. The van der Waals surface area contributed by atoms with Crippen molar-refractivity contribution in [2.75, 3.05) is 85.2 Å². The van der Waals surface area contributed by atoms with Crippen LogP contribution in [0.2, 0.25) is 0 Å². The highest BCUT2D eigenvalue weighted by molar-refractivity contribution is 6.17. The van der Waals surface area contributed by atoms with Gasteiger partial charge in [-0.2, -0.15) is 0 Å². The van der Waals surface area contributed by atoms with Crippen LogP contribution in [-0.4, -0.2) is 91.5 Å². The van der Waals surface area contributed by atoms with Gasteiger partial charge in [-0.05, 0) is 32.1 Å². The quantitative estimate of drug-likeness (QED) is 0.189. The van der Waals surface area contributed by atoms with Gasteiger partial charge in [0.25, 0.3) is 0 Å². The number of alkyl halides is 1. The summed E-state index contributed by atoms with van der Waals surface area (Å²) < 4.78 is 38.4. The largest absolute Gasteiger partial charge is 0.379 e. The van der Waals surface area contributed by atoms with E-state index in [1.165, 1.54) is 19.3 Å². The summed E-state index contributed by atoms with van der Waals surface area (Å²) in [5.41, 5.74) is 0. The number of hydrogen-bond donors (Lipinski definition) is 0. The van der Waals surface area contributed by atoms with Crippen LogP contribution in [0.3, 0.4) is 0 Å². The molecule has 1 rings (SSSR count). The van der Waals surface area contributed by atoms with Gasteiger partial charge in [-0.3, -0.25) is 0 Å². The Morgan fingerprint density at radius 2 is 1.10 bits per heavy atom. The summed E-state index contributed by atoms with van der Waals surface area (Å²) in [5.74, 6) is 0.754. The topological polar surface area (TPSA) is 64.6 Å². The zero-order valence-electron chi connectivity index (χ0n) is 18.0. The highest BCUT2D eigenvalue weighted by atomic mass is 35.5. The van der Waals surface area contributed by atoms with Crippen LogP contribution in [0.1, 0.15) is 44.9 Å². The van der Waals surface area contributed by atoms with Crippen LogP contribution < -0.4 is 0 Å². The maximum atomic E-state index is 5.63. The molecule has 0 aromatic heterocycles. The van der Waals surface area contributed by atoms with Crippen LogP contribution in [0.5, 0.6) is 0 Å². The van der Waals surface area contributed by atoms with Crippen LogP contribution in [0, 0.1) is 0 Å². The van der Waals surface area contributed by atoms with Crippen LogP contribution in [0.25, 0.3) is 0 Å². The van der Waals surface area contributed by atoms with E-state index in [-0.39, 0.29) is 6.29 Å². The van der Waals surface area contributed by atoms with E-state index in [1.54, 1.807) is 0 Å². The number of unbranched alkanes of at least 4 members (excludes halogenated alkanes) is 3. The smallest absolute Gasteiger partial charge is 0.157 e. The molecule has 174 valence electrons. The molecule has 1 atom stereocenters. The first-order valence-electron chi connectivity index (χ1n) is 11.1. The van der Waals surface area contributed by atoms with E-state index >= 15 is 0 Å². The lowest BCUT2D eigenvalue weighted by Gasteiger charge is -2.22. The summed E-state index contributed by atoms with van der Waals surface area (Å²) in [6.45, 7) is 7.35. The van der Waals surface area contributed by atoms with Crippen molar-refractivity contribution in [2.45, 2.75) is 51.2 Å². The second kappa shape index (κ2) is 22.7. The van der Waals surface area contributed by atoms with Gasteiger partial charge in [-0.15, -0.1) is 11.6 Å². The van der Waals surface area contributed by atoms with Gasteiger partial charge < -0.3 is 33.2 Å². The van der Waals surface area contributed by atoms with Crippen molar-refractivity contribution in [1.29, 1.82) is 0 Å². The van der Waals surface area contributed by atoms with E-state index < -0.39 is 0 Å². The van der Waals surface area contributed by atoms with E-state index in [0.29, 0.717) is 66.1 Å². The number of halogens is 1. The molecule has 0 saturated carbocycles. The minimum absolute atomic E-state index is 0.0476. The lowest BCUT2D eigenvalue weighted by atomic mass is 10.2. The van der Waals surface area contributed by atoms with Crippen molar-refractivity contribution in [2.24, 2.45) is 0 Å². The summed E-state index contributed by atoms with van der Waals surface area (Å²) in [5, 5.41) is 0. The second-order valence-corrected chi connectivity index (χ2v) is 7.21. The number of ether oxygens (including phenoxy) is 7. The average molecular weight is 441 g/mol. The fourth-order valence-corrected chi connectivity index (χ4v) is 2.90. The Hall–Kier alpha value is 0.01000. The second-order valence-electron chi connectivity index (χ2n) is 6.83. The molecule has 1 aliphatic heterocycles. The van der Waals surface area contributed by atoms with Gasteiger partial charge in [-0.25, -0.2) is 0 Å². The van der Waals surface area contributed by atoms with Crippen LogP contribution in [0.4, 0.5) is 0 Å². The molecular formula is C21H41ClO7. The summed E-state index contributed by atoms with van der Waals surface area (Å²) in [7, 11) is 0. The van der Waals surface area contributed by atoms with E-state index in [0.717, 1.165) is 44.8 Å². The first kappa shape index (κ1) is 27.0. The molecular weight excluding hydrogens is 400 g/mol. The molecule has 1 fully saturated rings. The molecule has 0 spiro atoms. The monoisotopic (exact) mass is 440 g/mol. The first-order chi connectivity index (χ1) is 14.4. The average Bonchev–Trinajstić information content (AvgIpc) is 2.75. The fourth-order valence-electron chi connectivity index (χ4n) is 2.71. The van der Waals surface area contributed by atoms with Crippen molar-refractivity contribution in [3.63, 3.8) is 0 Å². The predicted molar refractivity (Wildman–Crippen MR) is 113 cm³/mol. The van der Waals surface area contributed by atoms with Crippen molar-refractivity contribution >= 4 is 11.6 Å². The van der Waals surface area contributed by atoms with Crippen molar-refractivity contribution < 1.29 is 33.2 Å². The maximum Gasteiger partial charge on any atom is 0.157 e. The lowest BCUT2D eigenvalue weighted by molar-refractivity contribution is -0.169. The van der Waals surface area contributed by atoms with E-state index in [4.69, 9.17) is 44.8 Å². The molecule has 7 nitrogen and oxygen atoms in total. The highest BCUT2D eigenvalue weighted by Crippen LogP contribution is 2.13. The van der Waals surface area contributed by atoms with Crippen LogP contribution >= 0.6 is 11.6 Å². The van der Waals surface area contributed by atoms with Gasteiger partial charge >= 0.3 is 0 Å². The van der Waals surface area contributed by atoms with Gasteiger partial charge in [0.1, 0.15) is 0 Å². The third kappa shape index (κ3) is 19.7. The summed E-state index contributed by atoms with van der Waals surface area (Å²) >= 11 is 5.63. The van der Waals surface area contributed by atoms with Crippen LogP contribution in [-0.2, 0) is 33.2 Å². The number of hydrogen-bond acceptors (Lipinski definition) is 7. The molecule has 29 heavy (non-hydrogen) atoms. The molecule has 0 aromatic rings. The molecule has 1 unspecified atom stereocenters. The molecule has 0 radical (unpaired) electrons. The normalized spacial score (nSPS) is 17.1. The standard InChI is InChI=1S/C21H41ClO7/c22-8-4-1-2-5-9-23-11-12-24-13-14-25-15-16-26-17-18-27-19-20-29-21-7-3-6-10-28-21/h21H,1-20H2. The molecule has 0 aromatic carbocycles. The van der Waals surface area contributed by atoms with E-state index in [2.05, 4.69) is 0 Å². The van der Waals surface area contributed by atoms with Crippen LogP contribution in [0.15, 0.2) is 0 Å². The molecule has 1 saturated heterocycles.